The van der Waals surface area contributed by atoms with E-state index in [2.05, 4.69) is 27.0 Å². The van der Waals surface area contributed by atoms with Crippen molar-refractivity contribution in [3.05, 3.63) is 34.5 Å². The van der Waals surface area contributed by atoms with Crippen LogP contribution >= 0.6 is 0 Å². The Hall–Kier alpha value is -2.11. The molecule has 17 heavy (non-hydrogen) atoms. The molecule has 0 spiro atoms. The third-order valence-electron chi connectivity index (χ3n) is 2.79. The molecular formula is C11H12N4O2. The van der Waals surface area contributed by atoms with Crippen LogP contribution in [0.15, 0.2) is 27.7 Å². The van der Waals surface area contributed by atoms with Crippen molar-refractivity contribution in [1.29, 1.82) is 0 Å². The summed E-state index contributed by atoms with van der Waals surface area (Å²) in [5.74, 6) is 0.556. The number of anilines is 1. The largest absolute Gasteiger partial charge is 0.461 e. The van der Waals surface area contributed by atoms with Gasteiger partial charge in [0.15, 0.2) is 0 Å². The molecule has 6 nitrogen and oxygen atoms in total. The summed E-state index contributed by atoms with van der Waals surface area (Å²) in [7, 11) is 0. The van der Waals surface area contributed by atoms with Crippen molar-refractivity contribution >= 4 is 11.6 Å². The van der Waals surface area contributed by atoms with E-state index in [0.717, 1.165) is 30.9 Å². The Morgan fingerprint density at radius 1 is 1.35 bits per heavy atom. The van der Waals surface area contributed by atoms with Crippen molar-refractivity contribution < 1.29 is 4.52 Å². The lowest BCUT2D eigenvalue weighted by Crippen LogP contribution is -2.28. The maximum atomic E-state index is 11.0. The van der Waals surface area contributed by atoms with Crippen LogP contribution in [-0.2, 0) is 0 Å². The Bertz CT molecular complexity index is 640. The minimum atomic E-state index is -0.618. The Morgan fingerprint density at radius 2 is 2.24 bits per heavy atom. The molecule has 0 aromatic carbocycles. The van der Waals surface area contributed by atoms with Crippen LogP contribution in [0, 0.1) is 6.92 Å². The number of rotatable bonds is 1. The molecule has 0 fully saturated rings. The summed E-state index contributed by atoms with van der Waals surface area (Å²) in [6.07, 6.45) is 7.02. The molecule has 0 bridgehead atoms. The molecule has 2 aromatic heterocycles. The highest BCUT2D eigenvalue weighted by Crippen LogP contribution is 2.19. The topological polar surface area (TPSA) is 63.6 Å². The normalized spacial score (nSPS) is 15.7. The van der Waals surface area contributed by atoms with E-state index in [4.69, 9.17) is 4.52 Å². The van der Waals surface area contributed by atoms with E-state index in [9.17, 15) is 4.79 Å². The first-order chi connectivity index (χ1) is 8.24. The standard InChI is InChI=1S/C11H12N4O2/c1-8-7-15-10(13-11(16)17-15)12-9(8)14-5-3-2-4-6-14/h2-3,7H,4-6H2,1H3. The highest BCUT2D eigenvalue weighted by Gasteiger charge is 2.14. The molecular weight excluding hydrogens is 220 g/mol. The van der Waals surface area contributed by atoms with E-state index >= 15 is 0 Å². The first-order valence-corrected chi connectivity index (χ1v) is 5.51. The fourth-order valence-corrected chi connectivity index (χ4v) is 2.00. The van der Waals surface area contributed by atoms with Crippen molar-refractivity contribution in [2.24, 2.45) is 0 Å². The second-order valence-electron chi connectivity index (χ2n) is 4.05. The molecule has 0 radical (unpaired) electrons. The van der Waals surface area contributed by atoms with E-state index < -0.39 is 5.76 Å². The van der Waals surface area contributed by atoms with Gasteiger partial charge in [-0.1, -0.05) is 12.2 Å². The maximum absolute atomic E-state index is 11.0. The van der Waals surface area contributed by atoms with Crippen LogP contribution in [0.25, 0.3) is 5.78 Å². The highest BCUT2D eigenvalue weighted by molar-refractivity contribution is 5.50. The molecule has 3 rings (SSSR count). The van der Waals surface area contributed by atoms with Gasteiger partial charge in [-0.05, 0) is 13.3 Å². The van der Waals surface area contributed by atoms with Gasteiger partial charge in [0.25, 0.3) is 5.78 Å². The van der Waals surface area contributed by atoms with Crippen LogP contribution in [0.1, 0.15) is 12.0 Å². The number of hydrogen-bond acceptors (Lipinski definition) is 5. The van der Waals surface area contributed by atoms with E-state index in [-0.39, 0.29) is 0 Å². The third kappa shape index (κ3) is 1.71. The van der Waals surface area contributed by atoms with E-state index in [0.29, 0.717) is 5.78 Å². The minimum absolute atomic E-state index is 0.310. The van der Waals surface area contributed by atoms with Gasteiger partial charge in [-0.15, -0.1) is 9.56 Å². The fraction of sp³-hybridized carbons (Fsp3) is 0.364. The fourth-order valence-electron chi connectivity index (χ4n) is 2.00. The molecule has 0 amide bonds. The molecule has 3 heterocycles. The van der Waals surface area contributed by atoms with Crippen LogP contribution in [0.5, 0.6) is 0 Å². The van der Waals surface area contributed by atoms with Gasteiger partial charge >= 0.3 is 5.76 Å². The lowest BCUT2D eigenvalue weighted by molar-refractivity contribution is 0.343. The quantitative estimate of drug-likeness (QED) is 0.679. The van der Waals surface area contributed by atoms with Gasteiger partial charge in [-0.3, -0.25) is 0 Å². The summed E-state index contributed by atoms with van der Waals surface area (Å²) in [6.45, 7) is 3.72. The highest BCUT2D eigenvalue weighted by atomic mass is 16.5. The molecule has 0 saturated carbocycles. The van der Waals surface area contributed by atoms with Crippen LogP contribution < -0.4 is 10.7 Å². The van der Waals surface area contributed by atoms with Gasteiger partial charge in [0.1, 0.15) is 5.82 Å². The Balaban J connectivity index is 2.11. The van der Waals surface area contributed by atoms with Crippen molar-refractivity contribution in [3.8, 4) is 0 Å². The lowest BCUT2D eigenvalue weighted by Gasteiger charge is -2.25. The molecule has 0 unspecified atom stereocenters. The molecule has 6 heteroatoms. The smallest absolute Gasteiger partial charge is 0.352 e. The third-order valence-corrected chi connectivity index (χ3v) is 2.79. The van der Waals surface area contributed by atoms with Crippen molar-refractivity contribution in [2.45, 2.75) is 13.3 Å². The van der Waals surface area contributed by atoms with Crippen LogP contribution in [0.2, 0.25) is 0 Å². The first-order valence-electron chi connectivity index (χ1n) is 5.51. The van der Waals surface area contributed by atoms with Crippen LogP contribution in [0.3, 0.4) is 0 Å². The monoisotopic (exact) mass is 232 g/mol. The molecule has 0 aliphatic carbocycles. The number of nitrogens with zero attached hydrogens (tertiary/aromatic N) is 4. The summed E-state index contributed by atoms with van der Waals surface area (Å²) >= 11 is 0. The second-order valence-corrected chi connectivity index (χ2v) is 4.05. The van der Waals surface area contributed by atoms with E-state index in [1.54, 1.807) is 6.20 Å². The summed E-state index contributed by atoms with van der Waals surface area (Å²) < 4.78 is 6.15. The van der Waals surface area contributed by atoms with Gasteiger partial charge in [0, 0.05) is 18.7 Å². The predicted octanol–water partition coefficient (Wildman–Crippen LogP) is 0.757. The zero-order chi connectivity index (χ0) is 11.8. The zero-order valence-electron chi connectivity index (χ0n) is 9.46. The van der Waals surface area contributed by atoms with Crippen molar-refractivity contribution in [3.63, 3.8) is 0 Å². The molecule has 0 atom stereocenters. The lowest BCUT2D eigenvalue weighted by atomic mass is 10.2. The molecule has 2 aromatic rings. The maximum Gasteiger partial charge on any atom is 0.461 e. The van der Waals surface area contributed by atoms with Gasteiger partial charge < -0.3 is 9.42 Å². The van der Waals surface area contributed by atoms with Crippen molar-refractivity contribution in [2.75, 3.05) is 18.0 Å². The average Bonchev–Trinajstić information content (AvgIpc) is 2.68. The first kappa shape index (κ1) is 10.1. The number of fused-ring (bicyclic) bond motifs is 1. The number of hydrogen-bond donors (Lipinski definition) is 0. The predicted molar refractivity (Wildman–Crippen MR) is 62.2 cm³/mol. The summed E-state index contributed by atoms with van der Waals surface area (Å²) in [6, 6.07) is 0. The van der Waals surface area contributed by atoms with Gasteiger partial charge in [0.05, 0.1) is 6.20 Å². The zero-order valence-corrected chi connectivity index (χ0v) is 9.46. The van der Waals surface area contributed by atoms with Crippen molar-refractivity contribution in [1.82, 2.24) is 14.5 Å². The molecule has 0 saturated heterocycles. The van der Waals surface area contributed by atoms with Crippen LogP contribution in [-0.4, -0.2) is 27.6 Å². The number of aryl methyl sites for hydroxylation is 1. The average molecular weight is 232 g/mol. The Kier molecular flexibility index (Phi) is 2.21. The van der Waals surface area contributed by atoms with E-state index in [1.807, 2.05) is 6.92 Å². The minimum Gasteiger partial charge on any atom is -0.352 e. The molecule has 0 N–H and O–H groups in total. The van der Waals surface area contributed by atoms with Gasteiger partial charge in [0.2, 0.25) is 0 Å². The SMILES string of the molecule is Cc1cn2oc(=O)nc2nc1N1CC=CCC1. The Labute approximate surface area is 97.2 Å². The molecule has 1 aliphatic heterocycles. The molecule has 1 aliphatic rings. The molecule has 88 valence electrons. The summed E-state index contributed by atoms with van der Waals surface area (Å²) in [4.78, 5) is 21.2. The van der Waals surface area contributed by atoms with Crippen LogP contribution in [0.4, 0.5) is 5.82 Å². The van der Waals surface area contributed by atoms with Gasteiger partial charge in [-0.25, -0.2) is 4.79 Å². The van der Waals surface area contributed by atoms with E-state index in [1.165, 1.54) is 4.57 Å². The summed E-state index contributed by atoms with van der Waals surface area (Å²) in [5, 5.41) is 0. The number of aromatic nitrogens is 3. The van der Waals surface area contributed by atoms with Gasteiger partial charge in [-0.2, -0.15) is 4.98 Å². The second kappa shape index (κ2) is 3.73. The Morgan fingerprint density at radius 3 is 3.00 bits per heavy atom. The summed E-state index contributed by atoms with van der Waals surface area (Å²) in [5.41, 5.74) is 0.967.